The van der Waals surface area contributed by atoms with E-state index in [-0.39, 0.29) is 24.8 Å². The number of thiol groups is 1. The van der Waals surface area contributed by atoms with E-state index in [1.807, 2.05) is 39.0 Å². The average Bonchev–Trinajstić information content (AvgIpc) is 2.69. The van der Waals surface area contributed by atoms with E-state index >= 15 is 0 Å². The van der Waals surface area contributed by atoms with Crippen LogP contribution in [0.25, 0.3) is 0 Å². The third kappa shape index (κ3) is 9.63. The van der Waals surface area contributed by atoms with Gasteiger partial charge in [-0.15, -0.1) is 0 Å². The number of rotatable bonds is 11. The highest BCUT2D eigenvalue weighted by molar-refractivity contribution is 7.80. The highest BCUT2D eigenvalue weighted by Crippen LogP contribution is 2.25. The number of benzene rings is 1. The second-order valence-corrected chi connectivity index (χ2v) is 9.47. The molecular formula is C24H39N3O5S. The number of aliphatic hydroxyl groups is 1. The Morgan fingerprint density at radius 3 is 2.24 bits per heavy atom. The zero-order chi connectivity index (χ0) is 25.2. The number of aliphatic hydroxyl groups excluding tert-OH is 1. The Morgan fingerprint density at radius 1 is 1.15 bits per heavy atom. The van der Waals surface area contributed by atoms with E-state index < -0.39 is 29.7 Å². The highest BCUT2D eigenvalue weighted by atomic mass is 32.1. The minimum absolute atomic E-state index is 0.00295. The Balaban J connectivity index is 3.33. The van der Waals surface area contributed by atoms with Gasteiger partial charge < -0.3 is 25.4 Å². The molecule has 3 N–H and O–H groups in total. The molecule has 0 radical (unpaired) electrons. The number of alkyl carbamates (subject to hydrolysis) is 1. The van der Waals surface area contributed by atoms with E-state index in [4.69, 9.17) is 4.74 Å². The topological polar surface area (TPSA) is 108 Å². The van der Waals surface area contributed by atoms with Crippen LogP contribution < -0.4 is 10.6 Å². The number of carbonyl (C=O) groups excluding carboxylic acids is 3. The molecule has 0 bridgehead atoms. The van der Waals surface area contributed by atoms with Crippen molar-refractivity contribution in [2.24, 2.45) is 0 Å². The number of hydrogen-bond acceptors (Lipinski definition) is 6. The van der Waals surface area contributed by atoms with Gasteiger partial charge in [-0.2, -0.15) is 12.6 Å². The number of hydrogen-bond donors (Lipinski definition) is 4. The standard InChI is InChI=1S/C24H39N3O5S/c1-7-8-9-25-21(29)20(18-13-16(2)12-17(3)14-18)27(10-11-28)22(30)19(15-33)26-23(31)32-24(4,5)6/h12-14,19-20,28,33H,7-11,15H2,1-6H3,(H,25,29)(H,26,31). The Labute approximate surface area is 202 Å². The molecule has 2 unspecified atom stereocenters. The molecule has 186 valence electrons. The molecule has 9 heteroatoms. The molecule has 0 aliphatic rings. The molecule has 1 aromatic rings. The van der Waals surface area contributed by atoms with Crippen LogP contribution in [0.5, 0.6) is 0 Å². The predicted molar refractivity (Wildman–Crippen MR) is 132 cm³/mol. The first-order valence-corrected chi connectivity index (χ1v) is 11.9. The fourth-order valence-corrected chi connectivity index (χ4v) is 3.68. The molecule has 0 saturated heterocycles. The van der Waals surface area contributed by atoms with Crippen molar-refractivity contribution in [1.82, 2.24) is 15.5 Å². The summed E-state index contributed by atoms with van der Waals surface area (Å²) in [6.45, 7) is 11.1. The first kappa shape index (κ1) is 28.8. The minimum Gasteiger partial charge on any atom is -0.444 e. The summed E-state index contributed by atoms with van der Waals surface area (Å²) in [4.78, 5) is 40.3. The van der Waals surface area contributed by atoms with Crippen molar-refractivity contribution in [2.75, 3.05) is 25.4 Å². The molecular weight excluding hydrogens is 442 g/mol. The summed E-state index contributed by atoms with van der Waals surface area (Å²) in [5, 5.41) is 15.2. The number of amides is 3. The SMILES string of the molecule is CCCCNC(=O)C(c1cc(C)cc(C)c1)N(CCO)C(=O)C(CS)NC(=O)OC(C)(C)C. The van der Waals surface area contributed by atoms with E-state index in [0.717, 1.165) is 24.0 Å². The van der Waals surface area contributed by atoms with Crippen LogP contribution in [0.4, 0.5) is 4.79 Å². The van der Waals surface area contributed by atoms with Gasteiger partial charge in [-0.05, 0) is 46.6 Å². The summed E-state index contributed by atoms with van der Waals surface area (Å²) in [6, 6.07) is 3.68. The number of nitrogens with one attached hydrogen (secondary N) is 2. The van der Waals surface area contributed by atoms with Gasteiger partial charge in [0.2, 0.25) is 11.8 Å². The van der Waals surface area contributed by atoms with E-state index in [1.54, 1.807) is 20.8 Å². The normalized spacial score (nSPS) is 13.1. The maximum Gasteiger partial charge on any atom is 0.408 e. The first-order chi connectivity index (χ1) is 15.4. The van der Waals surface area contributed by atoms with Crippen LogP contribution in [0.15, 0.2) is 18.2 Å². The van der Waals surface area contributed by atoms with Gasteiger partial charge in [0.25, 0.3) is 0 Å². The molecule has 2 atom stereocenters. The largest absolute Gasteiger partial charge is 0.444 e. The van der Waals surface area contributed by atoms with Gasteiger partial charge in [0, 0.05) is 18.8 Å². The molecule has 1 rings (SSSR count). The van der Waals surface area contributed by atoms with E-state index in [1.165, 1.54) is 4.90 Å². The monoisotopic (exact) mass is 481 g/mol. The van der Waals surface area contributed by atoms with Crippen LogP contribution in [0.1, 0.15) is 63.3 Å². The fraction of sp³-hybridized carbons (Fsp3) is 0.625. The number of carbonyl (C=O) groups is 3. The maximum atomic E-state index is 13.5. The lowest BCUT2D eigenvalue weighted by atomic mass is 9.98. The van der Waals surface area contributed by atoms with Crippen LogP contribution in [-0.2, 0) is 14.3 Å². The molecule has 0 aromatic heterocycles. The average molecular weight is 482 g/mol. The smallest absolute Gasteiger partial charge is 0.408 e. The third-order valence-corrected chi connectivity index (χ3v) is 5.11. The second kappa shape index (κ2) is 13.4. The molecule has 0 heterocycles. The van der Waals surface area contributed by atoms with Gasteiger partial charge in [0.05, 0.1) is 6.61 Å². The van der Waals surface area contributed by atoms with Gasteiger partial charge in [-0.1, -0.05) is 42.7 Å². The molecule has 0 fully saturated rings. The highest BCUT2D eigenvalue weighted by Gasteiger charge is 2.35. The molecule has 33 heavy (non-hydrogen) atoms. The zero-order valence-electron chi connectivity index (χ0n) is 20.6. The Morgan fingerprint density at radius 2 is 1.76 bits per heavy atom. The van der Waals surface area contributed by atoms with Crippen LogP contribution in [-0.4, -0.2) is 65.0 Å². The fourth-order valence-electron chi connectivity index (χ4n) is 3.44. The number of ether oxygens (including phenoxy) is 1. The summed E-state index contributed by atoms with van der Waals surface area (Å²) < 4.78 is 5.27. The van der Waals surface area contributed by atoms with Gasteiger partial charge >= 0.3 is 6.09 Å². The number of aryl methyl sites for hydroxylation is 2. The van der Waals surface area contributed by atoms with E-state index in [9.17, 15) is 19.5 Å². The number of unbranched alkanes of at least 4 members (excludes halogenated alkanes) is 1. The van der Waals surface area contributed by atoms with Gasteiger partial charge in [-0.3, -0.25) is 9.59 Å². The van der Waals surface area contributed by atoms with E-state index in [0.29, 0.717) is 12.1 Å². The summed E-state index contributed by atoms with van der Waals surface area (Å²) in [5.41, 5.74) is 1.80. The van der Waals surface area contributed by atoms with Crippen LogP contribution in [0, 0.1) is 13.8 Å². The first-order valence-electron chi connectivity index (χ1n) is 11.3. The van der Waals surface area contributed by atoms with Crippen molar-refractivity contribution < 1.29 is 24.2 Å². The predicted octanol–water partition coefficient (Wildman–Crippen LogP) is 2.90. The molecule has 1 aromatic carbocycles. The molecule has 0 saturated carbocycles. The van der Waals surface area contributed by atoms with Gasteiger partial charge in [0.1, 0.15) is 17.7 Å². The minimum atomic E-state index is -1.04. The van der Waals surface area contributed by atoms with E-state index in [2.05, 4.69) is 23.3 Å². The van der Waals surface area contributed by atoms with Crippen molar-refractivity contribution in [3.63, 3.8) is 0 Å². The third-order valence-electron chi connectivity index (χ3n) is 4.74. The lowest BCUT2D eigenvalue weighted by Crippen LogP contribution is -2.54. The van der Waals surface area contributed by atoms with Crippen LogP contribution in [0.2, 0.25) is 0 Å². The summed E-state index contributed by atoms with van der Waals surface area (Å²) in [6.07, 6.45) is 0.961. The van der Waals surface area contributed by atoms with Crippen molar-refractivity contribution >= 4 is 30.5 Å². The lowest BCUT2D eigenvalue weighted by molar-refractivity contribution is -0.142. The van der Waals surface area contributed by atoms with Gasteiger partial charge in [-0.25, -0.2) is 4.79 Å². The zero-order valence-corrected chi connectivity index (χ0v) is 21.5. The van der Waals surface area contributed by atoms with Crippen molar-refractivity contribution in [2.45, 2.75) is 72.1 Å². The second-order valence-electron chi connectivity index (χ2n) is 9.10. The Bertz CT molecular complexity index is 790. The molecule has 0 aliphatic heterocycles. The lowest BCUT2D eigenvalue weighted by Gasteiger charge is -2.34. The summed E-state index contributed by atoms with van der Waals surface area (Å²) >= 11 is 4.23. The van der Waals surface area contributed by atoms with Crippen LogP contribution in [0.3, 0.4) is 0 Å². The summed E-state index contributed by atoms with van der Waals surface area (Å²) in [7, 11) is 0. The molecule has 0 spiro atoms. The Kier molecular flexibility index (Phi) is 11.7. The van der Waals surface area contributed by atoms with Crippen molar-refractivity contribution in [3.8, 4) is 0 Å². The maximum absolute atomic E-state index is 13.5. The van der Waals surface area contributed by atoms with Crippen LogP contribution >= 0.6 is 12.6 Å². The summed E-state index contributed by atoms with van der Waals surface area (Å²) in [5.74, 6) is -0.873. The van der Waals surface area contributed by atoms with Crippen molar-refractivity contribution in [3.05, 3.63) is 34.9 Å². The number of nitrogens with zero attached hydrogens (tertiary/aromatic N) is 1. The molecule has 8 nitrogen and oxygen atoms in total. The van der Waals surface area contributed by atoms with Crippen molar-refractivity contribution in [1.29, 1.82) is 0 Å². The Hall–Kier alpha value is -2.26. The van der Waals surface area contributed by atoms with Gasteiger partial charge in [0.15, 0.2) is 0 Å². The molecule has 3 amide bonds. The quantitative estimate of drug-likeness (QED) is 0.287. The molecule has 0 aliphatic carbocycles.